The molecule has 0 saturated heterocycles. The molecule has 15 heavy (non-hydrogen) atoms. The summed E-state index contributed by atoms with van der Waals surface area (Å²) < 4.78 is 0. The molecule has 1 heteroatoms. The summed E-state index contributed by atoms with van der Waals surface area (Å²) in [5, 5.41) is 0. The normalized spacial score (nSPS) is 14.0. The summed E-state index contributed by atoms with van der Waals surface area (Å²) in [5.74, 6) is 0.571. The minimum absolute atomic E-state index is 0.571. The van der Waals surface area contributed by atoms with E-state index < -0.39 is 0 Å². The van der Waals surface area contributed by atoms with Gasteiger partial charge in [-0.2, -0.15) is 0 Å². The monoisotopic (exact) mass is 220 g/mol. The summed E-state index contributed by atoms with van der Waals surface area (Å²) >= 11 is 1.93. The van der Waals surface area contributed by atoms with E-state index in [1.165, 1.54) is 20.9 Å². The summed E-state index contributed by atoms with van der Waals surface area (Å²) in [6, 6.07) is 2.28. The van der Waals surface area contributed by atoms with E-state index in [1.54, 1.807) is 0 Å². The highest BCUT2D eigenvalue weighted by molar-refractivity contribution is 7.12. The maximum absolute atomic E-state index is 3.77. The zero-order chi connectivity index (χ0) is 11.4. The molecule has 0 spiro atoms. The van der Waals surface area contributed by atoms with Gasteiger partial charge in [0.1, 0.15) is 0 Å². The minimum Gasteiger partial charge on any atom is -0.145 e. The molecule has 0 N–H and O–H groups in total. The second kappa shape index (κ2) is 5.32. The van der Waals surface area contributed by atoms with Gasteiger partial charge in [-0.25, -0.2) is 0 Å². The highest BCUT2D eigenvalue weighted by Gasteiger charge is 2.15. The van der Waals surface area contributed by atoms with E-state index in [0.29, 0.717) is 5.92 Å². The molecule has 1 heterocycles. The lowest BCUT2D eigenvalue weighted by molar-refractivity contribution is 0.769. The summed E-state index contributed by atoms with van der Waals surface area (Å²) in [6.45, 7) is 12.6. The third kappa shape index (κ3) is 2.82. The highest BCUT2D eigenvalue weighted by Crippen LogP contribution is 2.35. The topological polar surface area (TPSA) is 0 Å². The maximum atomic E-state index is 3.77. The molecule has 82 valence electrons. The van der Waals surface area contributed by atoms with Crippen LogP contribution in [-0.2, 0) is 0 Å². The first-order chi connectivity index (χ1) is 7.10. The fourth-order valence-electron chi connectivity index (χ4n) is 2.02. The number of aryl methyl sites for hydroxylation is 2. The van der Waals surface area contributed by atoms with Crippen LogP contribution in [0.1, 0.15) is 41.5 Å². The van der Waals surface area contributed by atoms with Crippen molar-refractivity contribution < 1.29 is 0 Å². The Kier molecular flexibility index (Phi) is 4.34. The quantitative estimate of drug-likeness (QED) is 0.627. The average Bonchev–Trinajstić information content (AvgIpc) is 2.47. The van der Waals surface area contributed by atoms with Crippen LogP contribution in [0.15, 0.2) is 30.4 Å². The smallest absolute Gasteiger partial charge is 0.0149 e. The van der Waals surface area contributed by atoms with Gasteiger partial charge >= 0.3 is 0 Å². The molecule has 0 nitrogen and oxygen atoms in total. The van der Waals surface area contributed by atoms with Crippen molar-refractivity contribution in [1.82, 2.24) is 0 Å². The van der Waals surface area contributed by atoms with Crippen molar-refractivity contribution in [3.63, 3.8) is 0 Å². The van der Waals surface area contributed by atoms with Crippen molar-refractivity contribution in [2.24, 2.45) is 0 Å². The first kappa shape index (κ1) is 12.3. The van der Waals surface area contributed by atoms with Crippen LogP contribution in [0.25, 0.3) is 0 Å². The number of hydrogen-bond acceptors (Lipinski definition) is 1. The zero-order valence-corrected chi connectivity index (χ0v) is 10.9. The Morgan fingerprint density at radius 1 is 1.53 bits per heavy atom. The molecule has 0 fully saturated rings. The molecule has 0 amide bonds. The summed E-state index contributed by atoms with van der Waals surface area (Å²) in [5.41, 5.74) is 2.85. The van der Waals surface area contributed by atoms with Crippen molar-refractivity contribution in [2.45, 2.75) is 40.0 Å². The molecule has 0 bridgehead atoms. The van der Waals surface area contributed by atoms with Gasteiger partial charge in [0.25, 0.3) is 0 Å². The van der Waals surface area contributed by atoms with Gasteiger partial charge in [0, 0.05) is 15.7 Å². The zero-order valence-electron chi connectivity index (χ0n) is 10.1. The second-order valence-corrected chi connectivity index (χ2v) is 5.30. The maximum Gasteiger partial charge on any atom is 0.0149 e. The molecular formula is C14H20S. The Hall–Kier alpha value is -0.820. The number of rotatable bonds is 4. The standard InChI is InChI=1S/C14H20S/c1-6-8-10(3)13(7-2)14-11(4)9-12(5)15-14/h6,8-9,13H,1,7H2,2-5H3/b10-8+/t13-/m0/s1. The average molecular weight is 220 g/mol. The van der Waals surface area contributed by atoms with Gasteiger partial charge in [0.15, 0.2) is 0 Å². The molecule has 0 saturated carbocycles. The molecule has 0 aliphatic heterocycles. The summed E-state index contributed by atoms with van der Waals surface area (Å²) in [4.78, 5) is 2.93. The van der Waals surface area contributed by atoms with E-state index in [4.69, 9.17) is 0 Å². The van der Waals surface area contributed by atoms with Crippen molar-refractivity contribution in [2.75, 3.05) is 0 Å². The third-order valence-electron chi connectivity index (χ3n) is 2.73. The van der Waals surface area contributed by atoms with Crippen LogP contribution in [-0.4, -0.2) is 0 Å². The van der Waals surface area contributed by atoms with Crippen molar-refractivity contribution in [3.8, 4) is 0 Å². The van der Waals surface area contributed by atoms with E-state index >= 15 is 0 Å². The van der Waals surface area contributed by atoms with Gasteiger partial charge in [-0.3, -0.25) is 0 Å². The highest BCUT2D eigenvalue weighted by atomic mass is 32.1. The molecule has 0 unspecified atom stereocenters. The molecule has 0 radical (unpaired) electrons. The molecule has 0 aromatic carbocycles. The van der Waals surface area contributed by atoms with E-state index in [0.717, 1.165) is 6.42 Å². The van der Waals surface area contributed by atoms with Crippen molar-refractivity contribution in [3.05, 3.63) is 45.7 Å². The van der Waals surface area contributed by atoms with Crippen LogP contribution in [0.3, 0.4) is 0 Å². The first-order valence-electron chi connectivity index (χ1n) is 5.46. The predicted molar refractivity (Wildman–Crippen MR) is 70.8 cm³/mol. The second-order valence-electron chi connectivity index (χ2n) is 4.01. The van der Waals surface area contributed by atoms with Crippen LogP contribution in [0.4, 0.5) is 0 Å². The molecular weight excluding hydrogens is 200 g/mol. The molecule has 1 aromatic rings. The molecule has 0 aliphatic rings. The number of allylic oxidation sites excluding steroid dienone is 3. The van der Waals surface area contributed by atoms with Crippen molar-refractivity contribution in [1.29, 1.82) is 0 Å². The van der Waals surface area contributed by atoms with Crippen LogP contribution >= 0.6 is 11.3 Å². The van der Waals surface area contributed by atoms with Gasteiger partial charge < -0.3 is 0 Å². The van der Waals surface area contributed by atoms with Gasteiger partial charge in [0.2, 0.25) is 0 Å². The summed E-state index contributed by atoms with van der Waals surface area (Å²) in [7, 11) is 0. The van der Waals surface area contributed by atoms with Crippen molar-refractivity contribution >= 4 is 11.3 Å². The Morgan fingerprint density at radius 3 is 2.60 bits per heavy atom. The van der Waals surface area contributed by atoms with Crippen LogP contribution in [0, 0.1) is 13.8 Å². The molecule has 1 rings (SSSR count). The van der Waals surface area contributed by atoms with Gasteiger partial charge in [-0.05, 0) is 38.8 Å². The largest absolute Gasteiger partial charge is 0.145 e. The lowest BCUT2D eigenvalue weighted by atomic mass is 9.93. The minimum atomic E-state index is 0.571. The van der Waals surface area contributed by atoms with E-state index in [1.807, 2.05) is 17.4 Å². The Bertz CT molecular complexity index is 369. The van der Waals surface area contributed by atoms with Crippen LogP contribution < -0.4 is 0 Å². The van der Waals surface area contributed by atoms with Gasteiger partial charge in [-0.15, -0.1) is 11.3 Å². The lowest BCUT2D eigenvalue weighted by Gasteiger charge is -2.15. The van der Waals surface area contributed by atoms with Crippen LogP contribution in [0.2, 0.25) is 0 Å². The molecule has 1 atom stereocenters. The number of hydrogen-bond donors (Lipinski definition) is 0. The predicted octanol–water partition coefficient (Wildman–Crippen LogP) is 4.99. The van der Waals surface area contributed by atoms with E-state index in [9.17, 15) is 0 Å². The third-order valence-corrected chi connectivity index (χ3v) is 4.00. The SMILES string of the molecule is C=C/C=C(\C)[C@H](CC)c1sc(C)cc1C. The Labute approximate surface area is 97.3 Å². The molecule has 0 aliphatic carbocycles. The van der Waals surface area contributed by atoms with Gasteiger partial charge in [-0.1, -0.05) is 31.2 Å². The Morgan fingerprint density at radius 2 is 2.20 bits per heavy atom. The van der Waals surface area contributed by atoms with E-state index in [2.05, 4.69) is 46.4 Å². The fourth-order valence-corrected chi connectivity index (χ4v) is 3.32. The summed E-state index contributed by atoms with van der Waals surface area (Å²) in [6.07, 6.45) is 5.17. The number of thiophene rings is 1. The van der Waals surface area contributed by atoms with Crippen LogP contribution in [0.5, 0.6) is 0 Å². The van der Waals surface area contributed by atoms with Gasteiger partial charge in [0.05, 0.1) is 0 Å². The molecule has 1 aromatic heterocycles. The first-order valence-corrected chi connectivity index (χ1v) is 6.28. The van der Waals surface area contributed by atoms with E-state index in [-0.39, 0.29) is 0 Å². The fraction of sp³-hybridized carbons (Fsp3) is 0.429. The lowest BCUT2D eigenvalue weighted by Crippen LogP contribution is -1.97. The Balaban J connectivity index is 3.07.